The maximum Gasteiger partial charge on any atom is 0.420 e. The number of hydrogen-bond donors (Lipinski definition) is 1. The monoisotopic (exact) mass is 494 g/mol. The summed E-state index contributed by atoms with van der Waals surface area (Å²) in [6, 6.07) is 7.82. The second kappa shape index (κ2) is 10.7. The van der Waals surface area contributed by atoms with E-state index in [1.54, 1.807) is 0 Å². The Morgan fingerprint density at radius 3 is 2.29 bits per heavy atom. The third-order valence-corrected chi connectivity index (χ3v) is 5.67. The van der Waals surface area contributed by atoms with Crippen molar-refractivity contribution < 1.29 is 32.4 Å². The fourth-order valence-electron chi connectivity index (χ4n) is 3.76. The van der Waals surface area contributed by atoms with Crippen molar-refractivity contribution in [3.8, 4) is 5.75 Å². The topological polar surface area (TPSA) is 105 Å². The molecule has 3 rings (SSSR count). The minimum absolute atomic E-state index is 0.143. The van der Waals surface area contributed by atoms with Crippen LogP contribution in [0.5, 0.6) is 5.75 Å². The first-order chi connectivity index (χ1) is 16.5. The van der Waals surface area contributed by atoms with Gasteiger partial charge >= 0.3 is 6.18 Å². The van der Waals surface area contributed by atoms with E-state index >= 15 is 0 Å². The third-order valence-electron chi connectivity index (χ3n) is 5.67. The Bertz CT molecular complexity index is 1090. The molecule has 0 atom stereocenters. The third kappa shape index (κ3) is 6.69. The smallest absolute Gasteiger partial charge is 0.420 e. The number of non-ortho nitro benzene ring substituents is 1. The van der Waals surface area contributed by atoms with Crippen molar-refractivity contribution in [1.82, 2.24) is 9.80 Å². The molecule has 2 amide bonds. The number of carbonyl (C=O) groups excluding carboxylic acids is 2. The van der Waals surface area contributed by atoms with Gasteiger partial charge in [-0.3, -0.25) is 24.6 Å². The summed E-state index contributed by atoms with van der Waals surface area (Å²) in [5.41, 5.74) is 0.631. The van der Waals surface area contributed by atoms with Crippen LogP contribution in [0.1, 0.15) is 16.7 Å². The van der Waals surface area contributed by atoms with Gasteiger partial charge in [0, 0.05) is 44.0 Å². The van der Waals surface area contributed by atoms with Gasteiger partial charge in [0.1, 0.15) is 11.3 Å². The van der Waals surface area contributed by atoms with Gasteiger partial charge in [0.2, 0.25) is 5.91 Å². The number of carbonyl (C=O) groups is 2. The molecule has 0 saturated carbocycles. The van der Waals surface area contributed by atoms with Crippen LogP contribution in [-0.2, 0) is 15.8 Å². The molecule has 0 spiro atoms. The zero-order chi connectivity index (χ0) is 25.8. The van der Waals surface area contributed by atoms with Gasteiger partial charge in [-0.1, -0.05) is 18.2 Å². The second-order valence-electron chi connectivity index (χ2n) is 8.20. The lowest BCUT2D eigenvalue weighted by Crippen LogP contribution is -2.51. The molecule has 1 aliphatic rings. The number of alkyl halides is 3. The number of amides is 2. The molecule has 35 heavy (non-hydrogen) atoms. The van der Waals surface area contributed by atoms with Gasteiger partial charge in [0.15, 0.2) is 6.61 Å². The lowest BCUT2D eigenvalue weighted by atomic mass is 10.1. The predicted octanol–water partition coefficient (Wildman–Crippen LogP) is 3.39. The molecule has 0 aromatic heterocycles. The van der Waals surface area contributed by atoms with Gasteiger partial charge < -0.3 is 15.0 Å². The molecule has 2 aromatic rings. The standard InChI is InChI=1S/C23H25F3N4O5/c1-15-4-3-5-16(2)22(15)27-20(31)13-28-8-10-29(11-9-28)21(32)14-35-19-7-6-17(30(33)34)12-18(19)23(24,25)26/h3-7,12H,8-11,13-14H2,1-2H3,(H,27,31). The van der Waals surface area contributed by atoms with Gasteiger partial charge in [-0.05, 0) is 31.0 Å². The quantitative estimate of drug-likeness (QED) is 0.467. The minimum Gasteiger partial charge on any atom is -0.483 e. The average molecular weight is 494 g/mol. The predicted molar refractivity (Wildman–Crippen MR) is 121 cm³/mol. The first-order valence-electron chi connectivity index (χ1n) is 10.8. The van der Waals surface area contributed by atoms with Crippen molar-refractivity contribution in [1.29, 1.82) is 0 Å². The summed E-state index contributed by atoms with van der Waals surface area (Å²) >= 11 is 0. The van der Waals surface area contributed by atoms with Crippen LogP contribution in [-0.4, -0.2) is 65.9 Å². The largest absolute Gasteiger partial charge is 0.483 e. The Balaban J connectivity index is 1.51. The van der Waals surface area contributed by atoms with E-state index in [1.807, 2.05) is 36.9 Å². The lowest BCUT2D eigenvalue weighted by molar-refractivity contribution is -0.385. The highest BCUT2D eigenvalue weighted by Crippen LogP contribution is 2.38. The molecule has 1 heterocycles. The van der Waals surface area contributed by atoms with Crippen LogP contribution in [0.4, 0.5) is 24.5 Å². The Hall–Kier alpha value is -3.67. The Kier molecular flexibility index (Phi) is 7.95. The van der Waals surface area contributed by atoms with Crippen molar-refractivity contribution in [2.24, 2.45) is 0 Å². The van der Waals surface area contributed by atoms with Crippen LogP contribution >= 0.6 is 0 Å². The normalized spacial score (nSPS) is 14.5. The Labute approximate surface area is 199 Å². The van der Waals surface area contributed by atoms with Crippen molar-refractivity contribution in [2.75, 3.05) is 44.6 Å². The summed E-state index contributed by atoms with van der Waals surface area (Å²) in [6.45, 7) is 4.70. The molecule has 188 valence electrons. The van der Waals surface area contributed by atoms with Crippen LogP contribution in [0.15, 0.2) is 36.4 Å². The first-order valence-corrected chi connectivity index (χ1v) is 10.8. The molecule has 0 aliphatic carbocycles. The highest BCUT2D eigenvalue weighted by Gasteiger charge is 2.36. The maximum absolute atomic E-state index is 13.3. The molecule has 12 heteroatoms. The highest BCUT2D eigenvalue weighted by molar-refractivity contribution is 5.93. The van der Waals surface area contributed by atoms with Gasteiger partial charge in [-0.25, -0.2) is 0 Å². The molecule has 9 nitrogen and oxygen atoms in total. The van der Waals surface area contributed by atoms with Crippen molar-refractivity contribution in [2.45, 2.75) is 20.0 Å². The number of hydrogen-bond acceptors (Lipinski definition) is 6. The summed E-state index contributed by atoms with van der Waals surface area (Å²) < 4.78 is 44.9. The summed E-state index contributed by atoms with van der Waals surface area (Å²) in [5, 5.41) is 13.7. The molecular weight excluding hydrogens is 469 g/mol. The number of halogens is 3. The number of ether oxygens (including phenoxy) is 1. The summed E-state index contributed by atoms with van der Waals surface area (Å²) in [7, 11) is 0. The van der Waals surface area contributed by atoms with Gasteiger partial charge in [-0.2, -0.15) is 13.2 Å². The average Bonchev–Trinajstić information content (AvgIpc) is 2.79. The fraction of sp³-hybridized carbons (Fsp3) is 0.391. The van der Waals surface area contributed by atoms with E-state index in [0.717, 1.165) is 28.9 Å². The van der Waals surface area contributed by atoms with Gasteiger partial charge in [-0.15, -0.1) is 0 Å². The van der Waals surface area contributed by atoms with E-state index in [4.69, 9.17) is 4.74 Å². The van der Waals surface area contributed by atoms with E-state index < -0.39 is 40.6 Å². The molecule has 0 radical (unpaired) electrons. The number of piperazine rings is 1. The van der Waals surface area contributed by atoms with Crippen molar-refractivity contribution >= 4 is 23.2 Å². The number of nitro benzene ring substituents is 1. The van der Waals surface area contributed by atoms with E-state index in [-0.39, 0.29) is 25.5 Å². The fourth-order valence-corrected chi connectivity index (χ4v) is 3.76. The molecule has 0 bridgehead atoms. The minimum atomic E-state index is -4.88. The summed E-state index contributed by atoms with van der Waals surface area (Å²) in [5.74, 6) is -1.35. The SMILES string of the molecule is Cc1cccc(C)c1NC(=O)CN1CCN(C(=O)COc2ccc([N+](=O)[O-])cc2C(F)(F)F)CC1. The van der Waals surface area contributed by atoms with Crippen molar-refractivity contribution in [3.05, 3.63) is 63.2 Å². The van der Waals surface area contributed by atoms with Gasteiger partial charge in [0.05, 0.1) is 11.5 Å². The molecule has 1 N–H and O–H groups in total. The van der Waals surface area contributed by atoms with Crippen LogP contribution in [0, 0.1) is 24.0 Å². The number of aryl methyl sites for hydroxylation is 2. The Morgan fingerprint density at radius 2 is 1.71 bits per heavy atom. The number of para-hydroxylation sites is 1. The highest BCUT2D eigenvalue weighted by atomic mass is 19.4. The molecule has 0 unspecified atom stereocenters. The number of benzene rings is 2. The molecule has 1 saturated heterocycles. The van der Waals surface area contributed by atoms with Crippen LogP contribution in [0.25, 0.3) is 0 Å². The zero-order valence-electron chi connectivity index (χ0n) is 19.2. The molecule has 1 fully saturated rings. The number of nitrogens with zero attached hydrogens (tertiary/aromatic N) is 3. The molecule has 1 aliphatic heterocycles. The number of anilines is 1. The molecular formula is C23H25F3N4O5. The van der Waals surface area contributed by atoms with E-state index in [0.29, 0.717) is 19.2 Å². The van der Waals surface area contributed by atoms with E-state index in [2.05, 4.69) is 5.32 Å². The number of rotatable bonds is 7. The maximum atomic E-state index is 13.3. The van der Waals surface area contributed by atoms with E-state index in [9.17, 15) is 32.9 Å². The lowest BCUT2D eigenvalue weighted by Gasteiger charge is -2.34. The molecule has 2 aromatic carbocycles. The summed E-state index contributed by atoms with van der Waals surface area (Å²) in [6.07, 6.45) is -4.88. The van der Waals surface area contributed by atoms with Crippen LogP contribution in [0.2, 0.25) is 0 Å². The second-order valence-corrected chi connectivity index (χ2v) is 8.20. The van der Waals surface area contributed by atoms with E-state index in [1.165, 1.54) is 4.90 Å². The van der Waals surface area contributed by atoms with Crippen LogP contribution in [0.3, 0.4) is 0 Å². The van der Waals surface area contributed by atoms with Crippen molar-refractivity contribution in [3.63, 3.8) is 0 Å². The number of nitro groups is 1. The first kappa shape index (κ1) is 25.9. The van der Waals surface area contributed by atoms with Crippen LogP contribution < -0.4 is 10.1 Å². The Morgan fingerprint density at radius 1 is 1.09 bits per heavy atom. The van der Waals surface area contributed by atoms with Gasteiger partial charge in [0.25, 0.3) is 11.6 Å². The zero-order valence-corrected chi connectivity index (χ0v) is 19.2. The summed E-state index contributed by atoms with van der Waals surface area (Å²) in [4.78, 5) is 38.1. The number of nitrogens with one attached hydrogen (secondary N) is 1.